The zero-order chi connectivity index (χ0) is 60.4. The number of hydrogen-bond donors (Lipinski definition) is 3. The summed E-state index contributed by atoms with van der Waals surface area (Å²) in [6, 6.07) is 13.9. The minimum atomic E-state index is -1.19. The molecule has 0 fully saturated rings. The van der Waals surface area contributed by atoms with Gasteiger partial charge in [0.15, 0.2) is 0 Å². The molecule has 0 aromatic heterocycles. The summed E-state index contributed by atoms with van der Waals surface area (Å²) in [5, 5.41) is 8.48. The molecule has 0 bridgehead atoms. The summed E-state index contributed by atoms with van der Waals surface area (Å²) < 4.78 is 23.3. The van der Waals surface area contributed by atoms with E-state index in [1.807, 2.05) is 36.4 Å². The average molecular weight is 1150 g/mol. The molecule has 83 heavy (non-hydrogen) atoms. The Bertz CT molecular complexity index is 2110. The molecule has 3 atom stereocenters. The van der Waals surface area contributed by atoms with Gasteiger partial charge in [-0.3, -0.25) is 9.59 Å². The van der Waals surface area contributed by atoms with Gasteiger partial charge in [0.2, 0.25) is 5.91 Å². The van der Waals surface area contributed by atoms with Crippen LogP contribution < -0.4 is 16.0 Å². The Morgan fingerprint density at radius 2 is 0.916 bits per heavy atom. The lowest BCUT2D eigenvalue weighted by Crippen LogP contribution is -2.52. The lowest BCUT2D eigenvalue weighted by molar-refractivity contribution is -0.157. The topological polar surface area (TPSA) is 158 Å². The molecule has 1 aliphatic rings. The highest BCUT2D eigenvalue weighted by atomic mass is 16.6. The Labute approximate surface area is 504 Å². The Balaban J connectivity index is 1.70. The molecule has 2 aromatic carbocycles. The first-order chi connectivity index (χ1) is 40.0. The van der Waals surface area contributed by atoms with Gasteiger partial charge in [-0.2, -0.15) is 0 Å². The van der Waals surface area contributed by atoms with Crippen molar-refractivity contribution in [3.8, 4) is 11.1 Å². The molecule has 0 heterocycles. The van der Waals surface area contributed by atoms with Crippen LogP contribution in [0.25, 0.3) is 11.1 Å². The highest BCUT2D eigenvalue weighted by Crippen LogP contribution is 2.44. The third-order valence-electron chi connectivity index (χ3n) is 15.3. The minimum Gasteiger partial charge on any atom is -0.461 e. The summed E-state index contributed by atoms with van der Waals surface area (Å²) in [6.45, 7) is 15.6. The molecular weight excluding hydrogens is 1040 g/mol. The van der Waals surface area contributed by atoms with Gasteiger partial charge in [0.25, 0.3) is 0 Å². The summed E-state index contributed by atoms with van der Waals surface area (Å²) in [5.41, 5.74) is 2.90. The van der Waals surface area contributed by atoms with Crippen molar-refractivity contribution in [2.45, 2.75) is 309 Å². The molecule has 12 nitrogen and oxygen atoms in total. The number of carbonyl (C=O) groups is 5. The number of ether oxygens (including phenoxy) is 4. The third kappa shape index (κ3) is 34.4. The second-order valence-electron chi connectivity index (χ2n) is 25.3. The van der Waals surface area contributed by atoms with Gasteiger partial charge in [-0.25, -0.2) is 14.4 Å². The van der Waals surface area contributed by atoms with Gasteiger partial charge in [-0.15, -0.1) is 0 Å². The fraction of sp³-hybridized carbons (Fsp3) is 0.704. The first-order valence-corrected chi connectivity index (χ1v) is 33.1. The number of carbonyl (C=O) groups excluding carboxylic acids is 5. The molecule has 1 aliphatic carbocycles. The van der Waals surface area contributed by atoms with Crippen molar-refractivity contribution in [2.24, 2.45) is 0 Å². The van der Waals surface area contributed by atoms with Gasteiger partial charge in [0.05, 0.1) is 0 Å². The maximum absolute atomic E-state index is 14.5. The molecule has 2 aromatic rings. The molecule has 1 unspecified atom stereocenters. The van der Waals surface area contributed by atoms with Gasteiger partial charge in [-0.1, -0.05) is 196 Å². The number of nitrogens with one attached hydrogen (secondary N) is 3. The Kier molecular flexibility index (Phi) is 37.8. The Hall–Kier alpha value is -5.13. The SMILES string of the molecule is CCCCCCCC/C=C\CCCCCCCCC(CCCCCCC/C=C\CCCCCCCC)OC(=O)[C@H](CCC(=O)OC(C)(C)C)NC(=O)[C@H](CCCCNC(=O)OC(C)(C)C)NC(=O)OCC1c2ccccc2-c2ccccc21. The average Bonchev–Trinajstić information content (AvgIpc) is 2.50. The highest BCUT2D eigenvalue weighted by molar-refractivity contribution is 5.90. The molecular formula is C71H115N3O9. The van der Waals surface area contributed by atoms with Crippen LogP contribution >= 0.6 is 0 Å². The summed E-state index contributed by atoms with van der Waals surface area (Å²) in [4.78, 5) is 68.4. The maximum Gasteiger partial charge on any atom is 0.407 e. The van der Waals surface area contributed by atoms with Crippen molar-refractivity contribution < 1.29 is 42.9 Å². The molecule has 3 amide bonds. The Morgan fingerprint density at radius 1 is 0.482 bits per heavy atom. The molecule has 0 saturated carbocycles. The van der Waals surface area contributed by atoms with E-state index in [-0.39, 0.29) is 44.4 Å². The van der Waals surface area contributed by atoms with Gasteiger partial charge < -0.3 is 34.9 Å². The van der Waals surface area contributed by atoms with E-state index < -0.39 is 53.3 Å². The zero-order valence-electron chi connectivity index (χ0n) is 53.4. The molecule has 0 aliphatic heterocycles. The number of rotatable bonds is 46. The van der Waals surface area contributed by atoms with Crippen LogP contribution in [0, 0.1) is 0 Å². The van der Waals surface area contributed by atoms with Crippen molar-refractivity contribution in [2.75, 3.05) is 13.2 Å². The van der Waals surface area contributed by atoms with Crippen LogP contribution in [-0.4, -0.2) is 72.6 Å². The number of alkyl carbamates (subject to hydrolysis) is 2. The summed E-state index contributed by atoms with van der Waals surface area (Å²) >= 11 is 0. The largest absolute Gasteiger partial charge is 0.461 e. The maximum atomic E-state index is 14.5. The molecule has 0 saturated heterocycles. The first kappa shape index (κ1) is 72.1. The number of benzene rings is 2. The van der Waals surface area contributed by atoms with Crippen LogP contribution in [0.2, 0.25) is 0 Å². The van der Waals surface area contributed by atoms with Gasteiger partial charge >= 0.3 is 24.1 Å². The van der Waals surface area contributed by atoms with Gasteiger partial charge in [0.1, 0.15) is 36.0 Å². The number of amides is 3. The number of allylic oxidation sites excluding steroid dienone is 4. The van der Waals surface area contributed by atoms with E-state index >= 15 is 0 Å². The number of fused-ring (bicyclic) bond motifs is 3. The van der Waals surface area contributed by atoms with Crippen molar-refractivity contribution in [1.82, 2.24) is 16.0 Å². The number of hydrogen-bond acceptors (Lipinski definition) is 9. The van der Waals surface area contributed by atoms with Crippen LogP contribution in [0.1, 0.15) is 291 Å². The van der Waals surface area contributed by atoms with E-state index in [4.69, 9.17) is 18.9 Å². The van der Waals surface area contributed by atoms with E-state index in [9.17, 15) is 24.0 Å². The zero-order valence-corrected chi connectivity index (χ0v) is 53.4. The molecule has 3 N–H and O–H groups in total. The van der Waals surface area contributed by atoms with Gasteiger partial charge in [-0.05, 0) is 167 Å². The minimum absolute atomic E-state index is 0.0495. The summed E-state index contributed by atoms with van der Waals surface area (Å²) in [6.07, 6.45) is 42.6. The lowest BCUT2D eigenvalue weighted by Gasteiger charge is -2.26. The van der Waals surface area contributed by atoms with E-state index in [1.165, 1.54) is 116 Å². The van der Waals surface area contributed by atoms with Crippen LogP contribution in [0.3, 0.4) is 0 Å². The molecule has 0 radical (unpaired) electrons. The second kappa shape index (κ2) is 43.5. The van der Waals surface area contributed by atoms with Crippen molar-refractivity contribution in [1.29, 1.82) is 0 Å². The molecule has 3 rings (SSSR count). The quantitative estimate of drug-likeness (QED) is 0.0254. The normalized spacial score (nSPS) is 13.5. The van der Waals surface area contributed by atoms with E-state index in [1.54, 1.807) is 41.5 Å². The standard InChI is InChI=1S/C71H115N3O9/c1-9-11-13-15-17-19-21-23-25-27-29-31-33-35-37-39-47-57(46-38-36-34-32-30-28-26-24-22-20-18-16-14-12-10-2)81-67(77)64(53-54-65(75)82-70(3,4)5)73-66(76)63(52-44-45-55-72-68(78)83-71(6,7)8)74-69(79)80-56-62-60-50-42-40-48-58(60)59-49-41-43-51-61(59)62/h23-26,40-43,48-51,57,62-64H,9-22,27-39,44-47,52-56H2,1-8H3,(H,72,78)(H,73,76)(H,74,79)/b25-23-,26-24-/t57?,63-,64-/m0/s1. The van der Waals surface area contributed by atoms with Gasteiger partial charge in [0, 0.05) is 18.9 Å². The first-order valence-electron chi connectivity index (χ1n) is 33.1. The molecule has 12 heteroatoms. The fourth-order valence-electron chi connectivity index (χ4n) is 10.8. The van der Waals surface area contributed by atoms with E-state index in [0.717, 1.165) is 80.0 Å². The number of unbranched alkanes of at least 4 members (excludes halogenated alkanes) is 24. The monoisotopic (exact) mass is 1150 g/mol. The predicted octanol–water partition coefficient (Wildman–Crippen LogP) is 18.6. The summed E-state index contributed by atoms with van der Waals surface area (Å²) in [5.74, 6) is -1.90. The number of esters is 2. The summed E-state index contributed by atoms with van der Waals surface area (Å²) in [7, 11) is 0. The second-order valence-corrected chi connectivity index (χ2v) is 25.3. The fourth-order valence-corrected chi connectivity index (χ4v) is 10.8. The van der Waals surface area contributed by atoms with E-state index in [0.29, 0.717) is 25.7 Å². The smallest absolute Gasteiger partial charge is 0.407 e. The predicted molar refractivity (Wildman–Crippen MR) is 340 cm³/mol. The van der Waals surface area contributed by atoms with Crippen LogP contribution in [0.15, 0.2) is 72.8 Å². The highest BCUT2D eigenvalue weighted by Gasteiger charge is 2.33. The van der Waals surface area contributed by atoms with Crippen molar-refractivity contribution in [3.05, 3.63) is 84.0 Å². The van der Waals surface area contributed by atoms with Crippen molar-refractivity contribution in [3.63, 3.8) is 0 Å². The van der Waals surface area contributed by atoms with Crippen molar-refractivity contribution >= 4 is 30.0 Å². The van der Waals surface area contributed by atoms with Crippen LogP contribution in [0.4, 0.5) is 9.59 Å². The van der Waals surface area contributed by atoms with Crippen LogP contribution in [0.5, 0.6) is 0 Å². The third-order valence-corrected chi connectivity index (χ3v) is 15.3. The van der Waals surface area contributed by atoms with E-state index in [2.05, 4.69) is 66.2 Å². The molecule has 468 valence electrons. The Morgan fingerprint density at radius 3 is 1.39 bits per heavy atom. The lowest BCUT2D eigenvalue weighted by atomic mass is 9.98. The molecule has 0 spiro atoms. The van der Waals surface area contributed by atoms with Crippen LogP contribution in [-0.2, 0) is 33.3 Å².